The molecule has 0 atom stereocenters. The van der Waals surface area contributed by atoms with Crippen LogP contribution in [0.2, 0.25) is 0 Å². The predicted molar refractivity (Wildman–Crippen MR) is 95.8 cm³/mol. The molecule has 0 unspecified atom stereocenters. The summed E-state index contributed by atoms with van der Waals surface area (Å²) >= 11 is 4.79. The average Bonchev–Trinajstić information content (AvgIpc) is 2.75. The molecular formula is C14H16BrN3O3S2. The number of benzene rings is 1. The maximum atomic E-state index is 12.1. The van der Waals surface area contributed by atoms with E-state index in [1.165, 1.54) is 18.4 Å². The van der Waals surface area contributed by atoms with Crippen molar-refractivity contribution < 1.29 is 13.2 Å². The molecule has 0 fully saturated rings. The van der Waals surface area contributed by atoms with Crippen molar-refractivity contribution in [1.29, 1.82) is 0 Å². The Kier molecular flexibility index (Phi) is 5.56. The molecule has 0 saturated carbocycles. The van der Waals surface area contributed by atoms with Crippen molar-refractivity contribution in [2.24, 2.45) is 4.99 Å². The monoisotopic (exact) mass is 417 g/mol. The van der Waals surface area contributed by atoms with E-state index >= 15 is 0 Å². The summed E-state index contributed by atoms with van der Waals surface area (Å²) in [6.07, 6.45) is 2.77. The molecule has 23 heavy (non-hydrogen) atoms. The van der Waals surface area contributed by atoms with Gasteiger partial charge in [0.1, 0.15) is 0 Å². The molecule has 0 radical (unpaired) electrons. The van der Waals surface area contributed by atoms with Gasteiger partial charge in [0.25, 0.3) is 5.91 Å². The van der Waals surface area contributed by atoms with Gasteiger partial charge in [-0.2, -0.15) is 9.30 Å². The molecule has 0 bridgehead atoms. The van der Waals surface area contributed by atoms with Gasteiger partial charge in [0, 0.05) is 18.1 Å². The largest absolute Gasteiger partial charge is 0.313 e. The fourth-order valence-electron chi connectivity index (χ4n) is 1.89. The van der Waals surface area contributed by atoms with E-state index in [-0.39, 0.29) is 6.54 Å². The zero-order chi connectivity index (χ0) is 17.2. The van der Waals surface area contributed by atoms with Gasteiger partial charge < -0.3 is 4.57 Å². The van der Waals surface area contributed by atoms with Crippen molar-refractivity contribution in [1.82, 2.24) is 8.87 Å². The van der Waals surface area contributed by atoms with Crippen molar-refractivity contribution in [3.8, 4) is 0 Å². The number of nitrogens with zero attached hydrogens (tertiary/aromatic N) is 3. The number of halogens is 1. The fraction of sp³-hybridized carbons (Fsp3) is 0.286. The number of sulfonamides is 1. The summed E-state index contributed by atoms with van der Waals surface area (Å²) < 4.78 is 27.5. The van der Waals surface area contributed by atoms with Crippen LogP contribution in [0.1, 0.15) is 0 Å². The molecule has 1 aromatic carbocycles. The summed E-state index contributed by atoms with van der Waals surface area (Å²) in [7, 11) is -2.06. The van der Waals surface area contributed by atoms with Crippen LogP contribution in [-0.4, -0.2) is 43.0 Å². The molecule has 124 valence electrons. The number of allylic oxidation sites excluding steroid dienone is 1. The number of hydrogen-bond donors (Lipinski definition) is 0. The number of aromatic nitrogens is 1. The van der Waals surface area contributed by atoms with Gasteiger partial charge in [0.15, 0.2) is 4.80 Å². The lowest BCUT2D eigenvalue weighted by molar-refractivity contribution is -0.118. The Hall–Kier alpha value is -1.29. The summed E-state index contributed by atoms with van der Waals surface area (Å²) in [4.78, 5) is 16.6. The molecule has 0 aliphatic carbocycles. The first-order valence-electron chi connectivity index (χ1n) is 6.61. The van der Waals surface area contributed by atoms with Gasteiger partial charge in [0.05, 0.1) is 23.0 Å². The highest BCUT2D eigenvalue weighted by atomic mass is 79.9. The van der Waals surface area contributed by atoms with Crippen LogP contribution in [0, 0.1) is 0 Å². The van der Waals surface area contributed by atoms with Crippen LogP contribution in [-0.2, 0) is 21.4 Å². The number of likely N-dealkylation sites (N-methyl/N-ethyl adjacent to an activating group) is 1. The molecule has 1 heterocycles. The van der Waals surface area contributed by atoms with Crippen molar-refractivity contribution in [2.75, 3.05) is 19.8 Å². The van der Waals surface area contributed by atoms with Crippen molar-refractivity contribution in [3.63, 3.8) is 0 Å². The quantitative estimate of drug-likeness (QED) is 0.698. The number of amides is 1. The lowest BCUT2D eigenvalue weighted by Crippen LogP contribution is -2.31. The summed E-state index contributed by atoms with van der Waals surface area (Å²) in [5.74, 6) is -0.513. The van der Waals surface area contributed by atoms with Crippen molar-refractivity contribution in [3.05, 3.63) is 40.1 Å². The predicted octanol–water partition coefficient (Wildman–Crippen LogP) is 1.97. The summed E-state index contributed by atoms with van der Waals surface area (Å²) in [6, 6.07) is 5.80. The maximum Gasteiger partial charge on any atom is 0.263 e. The Bertz CT molecular complexity index is 928. The minimum atomic E-state index is -3.41. The highest BCUT2D eigenvalue weighted by Crippen LogP contribution is 2.22. The molecule has 0 aliphatic heterocycles. The number of carbonyl (C=O) groups is 1. The third-order valence-corrected chi connectivity index (χ3v) is 5.90. The molecule has 2 rings (SSSR count). The van der Waals surface area contributed by atoms with Crippen LogP contribution >= 0.6 is 27.3 Å². The Morgan fingerprint density at radius 1 is 1.52 bits per heavy atom. The van der Waals surface area contributed by atoms with Crippen LogP contribution < -0.4 is 4.80 Å². The first-order chi connectivity index (χ1) is 10.7. The van der Waals surface area contributed by atoms with E-state index < -0.39 is 15.9 Å². The molecule has 9 heteroatoms. The van der Waals surface area contributed by atoms with Gasteiger partial charge >= 0.3 is 0 Å². The molecule has 0 N–H and O–H groups in total. The summed E-state index contributed by atoms with van der Waals surface area (Å²) in [5.41, 5.74) is 0.945. The lowest BCUT2D eigenvalue weighted by atomic mass is 10.3. The third-order valence-electron chi connectivity index (χ3n) is 3.10. The van der Waals surface area contributed by atoms with E-state index in [1.54, 1.807) is 6.08 Å². The highest BCUT2D eigenvalue weighted by Gasteiger charge is 2.15. The van der Waals surface area contributed by atoms with Crippen LogP contribution in [0.3, 0.4) is 0 Å². The topological polar surface area (TPSA) is 71.7 Å². The Balaban J connectivity index is 2.47. The molecule has 0 spiro atoms. The normalized spacial score (nSPS) is 13.0. The molecular weight excluding hydrogens is 402 g/mol. The fourth-order valence-corrected chi connectivity index (χ4v) is 3.84. The van der Waals surface area contributed by atoms with Gasteiger partial charge in [-0.3, -0.25) is 4.79 Å². The zero-order valence-electron chi connectivity index (χ0n) is 12.7. The zero-order valence-corrected chi connectivity index (χ0v) is 15.9. The standard InChI is InChI=1S/C14H16BrN3O3S2/c1-4-7-18-11-6-5-10(15)8-12(11)22-14(18)16-13(19)9-17(2)23(3,20)21/h4-6,8H,1,7,9H2,2-3H3. The van der Waals surface area contributed by atoms with E-state index in [0.29, 0.717) is 11.3 Å². The highest BCUT2D eigenvalue weighted by molar-refractivity contribution is 9.10. The van der Waals surface area contributed by atoms with Crippen molar-refractivity contribution >= 4 is 53.4 Å². The second-order valence-corrected chi connectivity index (χ2v) is 8.93. The Labute approximate surface area is 146 Å². The summed E-state index contributed by atoms with van der Waals surface area (Å²) in [5, 5.41) is 0. The molecule has 1 aromatic heterocycles. The van der Waals surface area contributed by atoms with E-state index in [9.17, 15) is 13.2 Å². The Morgan fingerprint density at radius 3 is 2.83 bits per heavy atom. The molecule has 0 aliphatic rings. The molecule has 2 aromatic rings. The second kappa shape index (κ2) is 7.08. The van der Waals surface area contributed by atoms with E-state index in [4.69, 9.17) is 0 Å². The first-order valence-corrected chi connectivity index (χ1v) is 10.1. The minimum absolute atomic E-state index is 0.287. The minimum Gasteiger partial charge on any atom is -0.313 e. The smallest absolute Gasteiger partial charge is 0.263 e. The number of hydrogen-bond acceptors (Lipinski definition) is 4. The number of fused-ring (bicyclic) bond motifs is 1. The molecule has 0 saturated heterocycles. The number of carbonyl (C=O) groups excluding carboxylic acids is 1. The lowest BCUT2D eigenvalue weighted by Gasteiger charge is -2.10. The second-order valence-electron chi connectivity index (χ2n) is 4.92. The Morgan fingerprint density at radius 2 is 2.22 bits per heavy atom. The third kappa shape index (κ3) is 4.37. The SMILES string of the molecule is C=CCn1c(=NC(=O)CN(C)S(C)(=O)=O)sc2cc(Br)ccc21. The van der Waals surface area contributed by atoms with Crippen LogP contribution in [0.25, 0.3) is 10.2 Å². The molecule has 1 amide bonds. The maximum absolute atomic E-state index is 12.1. The van der Waals surface area contributed by atoms with Gasteiger partial charge in [-0.15, -0.1) is 6.58 Å². The van der Waals surface area contributed by atoms with Gasteiger partial charge in [-0.1, -0.05) is 33.3 Å². The molecule has 6 nitrogen and oxygen atoms in total. The summed E-state index contributed by atoms with van der Waals surface area (Å²) in [6.45, 7) is 3.94. The average molecular weight is 418 g/mol. The van der Waals surface area contributed by atoms with Gasteiger partial charge in [0.2, 0.25) is 10.0 Å². The van der Waals surface area contributed by atoms with Gasteiger partial charge in [-0.25, -0.2) is 8.42 Å². The van der Waals surface area contributed by atoms with E-state index in [1.807, 2.05) is 22.8 Å². The van der Waals surface area contributed by atoms with Gasteiger partial charge in [-0.05, 0) is 18.2 Å². The van der Waals surface area contributed by atoms with E-state index in [2.05, 4.69) is 27.5 Å². The van der Waals surface area contributed by atoms with Crippen LogP contribution in [0.4, 0.5) is 0 Å². The van der Waals surface area contributed by atoms with Crippen LogP contribution in [0.15, 0.2) is 40.3 Å². The number of thiazole rings is 1. The van der Waals surface area contributed by atoms with Crippen molar-refractivity contribution in [2.45, 2.75) is 6.54 Å². The van der Waals surface area contributed by atoms with Crippen LogP contribution in [0.5, 0.6) is 0 Å². The van der Waals surface area contributed by atoms with E-state index in [0.717, 1.165) is 25.3 Å². The number of rotatable bonds is 5. The first kappa shape index (κ1) is 18.1.